The van der Waals surface area contributed by atoms with Crippen LogP contribution in [0.1, 0.15) is 18.3 Å². The average Bonchev–Trinajstić information content (AvgIpc) is 2.86. The van der Waals surface area contributed by atoms with E-state index >= 15 is 0 Å². The number of rotatable bonds is 4. The average molecular weight is 322 g/mol. The minimum Gasteiger partial charge on any atom is -0.334 e. The van der Waals surface area contributed by atoms with Gasteiger partial charge in [0.1, 0.15) is 0 Å². The molecule has 0 aliphatic heterocycles. The number of hydrogen-bond acceptors (Lipinski definition) is 4. The highest BCUT2D eigenvalue weighted by atomic mass is 35.5. The van der Waals surface area contributed by atoms with Gasteiger partial charge in [-0.25, -0.2) is 0 Å². The molecule has 2 rings (SSSR count). The highest BCUT2D eigenvalue weighted by Gasteiger charge is 2.30. The van der Waals surface area contributed by atoms with Crippen molar-refractivity contribution in [2.45, 2.75) is 25.6 Å². The quantitative estimate of drug-likeness (QED) is 0.938. The maximum Gasteiger partial charge on any atom is 0.416 e. The van der Waals surface area contributed by atoms with Crippen molar-refractivity contribution >= 4 is 12.4 Å². The molecule has 1 heterocycles. The van der Waals surface area contributed by atoms with E-state index in [2.05, 4.69) is 15.5 Å². The second kappa shape index (κ2) is 6.91. The van der Waals surface area contributed by atoms with Crippen molar-refractivity contribution in [3.05, 3.63) is 35.7 Å². The van der Waals surface area contributed by atoms with Crippen LogP contribution in [0.25, 0.3) is 11.5 Å². The minimum absolute atomic E-state index is 0. The van der Waals surface area contributed by atoms with Crippen LogP contribution in [0.3, 0.4) is 0 Å². The first kappa shape index (κ1) is 17.5. The van der Waals surface area contributed by atoms with Crippen LogP contribution in [-0.2, 0) is 12.6 Å². The molecular formula is C13H15ClF3N3O. The molecule has 1 unspecified atom stereocenters. The van der Waals surface area contributed by atoms with E-state index in [1.54, 1.807) is 7.05 Å². The van der Waals surface area contributed by atoms with Crippen LogP contribution in [0, 0.1) is 0 Å². The number of likely N-dealkylation sites (N-methyl/N-ethyl adjacent to an activating group) is 1. The van der Waals surface area contributed by atoms with Gasteiger partial charge in [0.05, 0.1) is 5.56 Å². The summed E-state index contributed by atoms with van der Waals surface area (Å²) in [5, 5.41) is 6.79. The molecule has 0 spiro atoms. The largest absolute Gasteiger partial charge is 0.416 e. The summed E-state index contributed by atoms with van der Waals surface area (Å²) < 4.78 is 42.9. The Morgan fingerprint density at radius 1 is 1.33 bits per heavy atom. The molecule has 1 N–H and O–H groups in total. The van der Waals surface area contributed by atoms with Crippen LogP contribution < -0.4 is 5.32 Å². The zero-order chi connectivity index (χ0) is 14.8. The lowest BCUT2D eigenvalue weighted by Crippen LogP contribution is -2.24. The third kappa shape index (κ3) is 4.44. The summed E-state index contributed by atoms with van der Waals surface area (Å²) >= 11 is 0. The van der Waals surface area contributed by atoms with Gasteiger partial charge in [0.2, 0.25) is 0 Å². The van der Waals surface area contributed by atoms with E-state index in [4.69, 9.17) is 4.52 Å². The summed E-state index contributed by atoms with van der Waals surface area (Å²) in [5.41, 5.74) is -0.478. The zero-order valence-electron chi connectivity index (χ0n) is 11.4. The van der Waals surface area contributed by atoms with Crippen molar-refractivity contribution in [3.8, 4) is 11.5 Å². The fourth-order valence-corrected chi connectivity index (χ4v) is 1.66. The highest BCUT2D eigenvalue weighted by Crippen LogP contribution is 2.31. The summed E-state index contributed by atoms with van der Waals surface area (Å²) in [7, 11) is 1.80. The summed E-state index contributed by atoms with van der Waals surface area (Å²) in [6.45, 7) is 1.94. The van der Waals surface area contributed by atoms with E-state index in [9.17, 15) is 13.2 Å². The molecule has 21 heavy (non-hydrogen) atoms. The lowest BCUT2D eigenvalue weighted by atomic mass is 10.1. The van der Waals surface area contributed by atoms with Gasteiger partial charge in [-0.1, -0.05) is 11.2 Å². The van der Waals surface area contributed by atoms with Gasteiger partial charge >= 0.3 is 6.18 Å². The van der Waals surface area contributed by atoms with Crippen LogP contribution in [-0.4, -0.2) is 23.2 Å². The first-order valence-corrected chi connectivity index (χ1v) is 6.07. The molecule has 8 heteroatoms. The van der Waals surface area contributed by atoms with Crippen molar-refractivity contribution in [1.29, 1.82) is 0 Å². The number of halogens is 4. The third-order valence-corrected chi connectivity index (χ3v) is 2.89. The number of nitrogens with one attached hydrogen (secondary N) is 1. The lowest BCUT2D eigenvalue weighted by molar-refractivity contribution is -0.137. The first-order valence-electron chi connectivity index (χ1n) is 6.07. The summed E-state index contributed by atoms with van der Waals surface area (Å²) in [6, 6.07) is 4.98. The highest BCUT2D eigenvalue weighted by molar-refractivity contribution is 5.85. The summed E-state index contributed by atoms with van der Waals surface area (Å²) in [5.74, 6) is 0.550. The van der Waals surface area contributed by atoms with Crippen molar-refractivity contribution in [3.63, 3.8) is 0 Å². The molecule has 0 aliphatic rings. The Bertz CT molecular complexity index is 586. The Labute approximate surface area is 126 Å². The molecule has 1 aromatic heterocycles. The van der Waals surface area contributed by atoms with E-state index in [0.29, 0.717) is 12.2 Å². The SMILES string of the molecule is CNC(C)Cc1noc(-c2cccc(C(F)(F)F)c2)n1.Cl. The van der Waals surface area contributed by atoms with Gasteiger partial charge in [-0.3, -0.25) is 0 Å². The zero-order valence-corrected chi connectivity index (χ0v) is 12.3. The monoisotopic (exact) mass is 321 g/mol. The van der Waals surface area contributed by atoms with Gasteiger partial charge in [-0.15, -0.1) is 12.4 Å². The van der Waals surface area contributed by atoms with E-state index in [0.717, 1.165) is 12.1 Å². The molecule has 0 fully saturated rings. The molecule has 4 nitrogen and oxygen atoms in total. The number of aromatic nitrogens is 2. The number of hydrogen-bond donors (Lipinski definition) is 1. The molecule has 0 bridgehead atoms. The van der Waals surface area contributed by atoms with Crippen molar-refractivity contribution in [2.75, 3.05) is 7.05 Å². The van der Waals surface area contributed by atoms with E-state index in [1.807, 2.05) is 6.92 Å². The lowest BCUT2D eigenvalue weighted by Gasteiger charge is -2.06. The van der Waals surface area contributed by atoms with Gasteiger partial charge in [0.25, 0.3) is 5.89 Å². The smallest absolute Gasteiger partial charge is 0.334 e. The topological polar surface area (TPSA) is 51.0 Å². The Morgan fingerprint density at radius 2 is 2.05 bits per heavy atom. The predicted octanol–water partition coefficient (Wildman–Crippen LogP) is 3.33. The molecule has 2 aromatic rings. The summed E-state index contributed by atoms with van der Waals surface area (Å²) in [6.07, 6.45) is -3.85. The molecular weight excluding hydrogens is 307 g/mol. The maximum atomic E-state index is 12.6. The Kier molecular flexibility index (Phi) is 5.74. The molecule has 1 aromatic carbocycles. The van der Waals surface area contributed by atoms with Gasteiger partial charge in [0.15, 0.2) is 5.82 Å². The van der Waals surface area contributed by atoms with Gasteiger partial charge in [0, 0.05) is 18.0 Å². The minimum atomic E-state index is -4.39. The second-order valence-corrected chi connectivity index (χ2v) is 4.49. The molecule has 1 atom stereocenters. The van der Waals surface area contributed by atoms with Crippen LogP contribution in [0.4, 0.5) is 13.2 Å². The number of benzene rings is 1. The third-order valence-electron chi connectivity index (χ3n) is 2.89. The van der Waals surface area contributed by atoms with Crippen molar-refractivity contribution in [1.82, 2.24) is 15.5 Å². The van der Waals surface area contributed by atoms with E-state index < -0.39 is 11.7 Å². The Hall–Kier alpha value is -1.60. The van der Waals surface area contributed by atoms with E-state index in [-0.39, 0.29) is 29.9 Å². The second-order valence-electron chi connectivity index (χ2n) is 4.49. The Morgan fingerprint density at radius 3 is 2.67 bits per heavy atom. The van der Waals surface area contributed by atoms with E-state index in [1.165, 1.54) is 12.1 Å². The number of nitrogens with zero attached hydrogens (tertiary/aromatic N) is 2. The summed E-state index contributed by atoms with van der Waals surface area (Å²) in [4.78, 5) is 4.11. The molecule has 0 amide bonds. The van der Waals surface area contributed by atoms with Crippen LogP contribution in [0.2, 0.25) is 0 Å². The fourth-order valence-electron chi connectivity index (χ4n) is 1.66. The van der Waals surface area contributed by atoms with Gasteiger partial charge in [-0.2, -0.15) is 18.2 Å². The van der Waals surface area contributed by atoms with Crippen LogP contribution >= 0.6 is 12.4 Å². The van der Waals surface area contributed by atoms with Gasteiger partial charge < -0.3 is 9.84 Å². The predicted molar refractivity (Wildman–Crippen MR) is 74.2 cm³/mol. The first-order chi connectivity index (χ1) is 9.40. The molecule has 0 saturated heterocycles. The number of alkyl halides is 3. The fraction of sp³-hybridized carbons (Fsp3) is 0.385. The molecule has 0 aliphatic carbocycles. The Balaban J connectivity index is 0.00000220. The van der Waals surface area contributed by atoms with Crippen molar-refractivity contribution in [2.24, 2.45) is 0 Å². The van der Waals surface area contributed by atoms with Crippen LogP contribution in [0.5, 0.6) is 0 Å². The van der Waals surface area contributed by atoms with Crippen molar-refractivity contribution < 1.29 is 17.7 Å². The maximum absolute atomic E-state index is 12.6. The normalized spacial score (nSPS) is 12.8. The molecule has 116 valence electrons. The van der Waals surface area contributed by atoms with Crippen LogP contribution in [0.15, 0.2) is 28.8 Å². The standard InChI is InChI=1S/C13H14F3N3O.ClH/c1-8(17-2)6-11-18-12(20-19-11)9-4-3-5-10(7-9)13(14,15)16;/h3-5,7-8,17H,6H2,1-2H3;1H. The molecule has 0 radical (unpaired) electrons. The van der Waals surface area contributed by atoms with Gasteiger partial charge in [-0.05, 0) is 32.2 Å². The molecule has 0 saturated carbocycles.